The van der Waals surface area contributed by atoms with Crippen molar-refractivity contribution < 1.29 is 4.79 Å². The molecule has 6 atom stereocenters. The maximum Gasteiger partial charge on any atom is 0.137 e. The monoisotopic (exact) mass is 160 g/mol. The molecule has 0 spiro atoms. The summed E-state index contributed by atoms with van der Waals surface area (Å²) in [5.41, 5.74) is 0. The van der Waals surface area contributed by atoms with Crippen LogP contribution in [-0.2, 0) is 4.79 Å². The lowest BCUT2D eigenvalue weighted by Gasteiger charge is -2.24. The van der Waals surface area contributed by atoms with Gasteiger partial charge in [0.1, 0.15) is 5.78 Å². The van der Waals surface area contributed by atoms with Gasteiger partial charge < -0.3 is 0 Å². The Morgan fingerprint density at radius 3 is 2.83 bits per heavy atom. The Kier molecular flexibility index (Phi) is 0.768. The first kappa shape index (κ1) is 5.95. The van der Waals surface area contributed by atoms with E-state index in [1.54, 1.807) is 0 Å². The summed E-state index contributed by atoms with van der Waals surface area (Å²) < 4.78 is 0. The van der Waals surface area contributed by atoms with E-state index in [-0.39, 0.29) is 0 Å². The Balaban J connectivity index is 1.97. The van der Waals surface area contributed by atoms with Gasteiger partial charge in [0.25, 0.3) is 0 Å². The molecule has 12 heavy (non-hydrogen) atoms. The zero-order valence-corrected chi connectivity index (χ0v) is 6.94. The summed E-state index contributed by atoms with van der Waals surface area (Å²) in [6.07, 6.45) is 7.03. The average Bonchev–Trinajstić information content (AvgIpc) is 2.58. The lowest BCUT2D eigenvalue weighted by Crippen LogP contribution is -2.23. The summed E-state index contributed by atoms with van der Waals surface area (Å²) in [4.78, 5) is 11.6. The quantitative estimate of drug-likeness (QED) is 0.492. The molecule has 0 aromatic heterocycles. The number of hydrogen-bond acceptors (Lipinski definition) is 1. The van der Waals surface area contributed by atoms with Crippen molar-refractivity contribution >= 4 is 5.78 Å². The lowest BCUT2D eigenvalue weighted by atomic mass is 9.79. The molecule has 0 radical (unpaired) electrons. The molecule has 62 valence electrons. The third-order valence-electron chi connectivity index (χ3n) is 4.82. The summed E-state index contributed by atoms with van der Waals surface area (Å²) in [5, 5.41) is 0. The molecule has 0 aromatic rings. The zero-order valence-electron chi connectivity index (χ0n) is 6.94. The highest BCUT2D eigenvalue weighted by Gasteiger charge is 2.64. The first-order valence-corrected chi connectivity index (χ1v) is 5.07. The number of Topliss-reactive ketones (excluding diaryl/α,β-unsaturated/α-hetero) is 1. The highest BCUT2D eigenvalue weighted by Crippen LogP contribution is 2.67. The van der Waals surface area contributed by atoms with E-state index in [2.05, 4.69) is 12.2 Å². The van der Waals surface area contributed by atoms with Gasteiger partial charge in [0.05, 0.1) is 0 Å². The van der Waals surface area contributed by atoms with Gasteiger partial charge >= 0.3 is 0 Å². The van der Waals surface area contributed by atoms with Crippen molar-refractivity contribution in [3.05, 3.63) is 12.2 Å². The van der Waals surface area contributed by atoms with Crippen LogP contribution in [0.4, 0.5) is 0 Å². The van der Waals surface area contributed by atoms with Gasteiger partial charge in [0.2, 0.25) is 0 Å². The maximum absolute atomic E-state index is 11.6. The molecule has 3 saturated carbocycles. The molecule has 0 aromatic carbocycles. The van der Waals surface area contributed by atoms with Crippen molar-refractivity contribution in [2.75, 3.05) is 0 Å². The topological polar surface area (TPSA) is 17.1 Å². The molecule has 0 heterocycles. The van der Waals surface area contributed by atoms with E-state index in [0.29, 0.717) is 17.6 Å². The van der Waals surface area contributed by atoms with Crippen LogP contribution in [0.15, 0.2) is 12.2 Å². The van der Waals surface area contributed by atoms with Gasteiger partial charge in [-0.25, -0.2) is 0 Å². The van der Waals surface area contributed by atoms with Crippen molar-refractivity contribution in [3.63, 3.8) is 0 Å². The van der Waals surface area contributed by atoms with Crippen LogP contribution in [0.25, 0.3) is 0 Å². The molecule has 0 unspecified atom stereocenters. The number of hydrogen-bond donors (Lipinski definition) is 0. The van der Waals surface area contributed by atoms with Crippen molar-refractivity contribution in [1.29, 1.82) is 0 Å². The fourth-order valence-electron chi connectivity index (χ4n) is 4.54. The Morgan fingerprint density at radius 2 is 1.92 bits per heavy atom. The molecule has 2 bridgehead atoms. The summed E-state index contributed by atoms with van der Waals surface area (Å²) in [6.45, 7) is 0. The molecule has 3 fully saturated rings. The average molecular weight is 160 g/mol. The predicted octanol–water partition coefficient (Wildman–Crippen LogP) is 1.64. The maximum atomic E-state index is 11.6. The minimum absolute atomic E-state index is 0.468. The molecule has 4 aliphatic rings. The van der Waals surface area contributed by atoms with Crippen LogP contribution >= 0.6 is 0 Å². The molecule has 0 saturated heterocycles. The Bertz CT molecular complexity index is 304. The molecule has 0 amide bonds. The molecule has 4 aliphatic carbocycles. The van der Waals surface area contributed by atoms with Gasteiger partial charge in [-0.05, 0) is 36.0 Å². The van der Waals surface area contributed by atoms with Crippen LogP contribution in [-0.4, -0.2) is 5.78 Å². The standard InChI is InChI=1S/C11H12O/c12-10-4-8-5-1-2-6-7(5)3-9(8)11(6)10/h1-2,5-9,11H,3-4H2/t5-,6-,7+,8+,9-,11-/m1/s1. The second kappa shape index (κ2) is 1.55. The second-order valence-electron chi connectivity index (χ2n) is 4.96. The van der Waals surface area contributed by atoms with E-state index < -0.39 is 0 Å². The SMILES string of the molecule is O=C1C[C@H]2[C@@H]3C=C[C@@H]4[C@H]3C[C@H]2[C@H]14. The number of allylic oxidation sites excluding steroid dienone is 2. The molecule has 0 N–H and O–H groups in total. The van der Waals surface area contributed by atoms with Crippen LogP contribution in [0.1, 0.15) is 12.8 Å². The summed E-state index contributed by atoms with van der Waals surface area (Å²) >= 11 is 0. The van der Waals surface area contributed by atoms with E-state index in [0.717, 1.165) is 30.1 Å². The van der Waals surface area contributed by atoms with Crippen LogP contribution < -0.4 is 0 Å². The van der Waals surface area contributed by atoms with E-state index >= 15 is 0 Å². The van der Waals surface area contributed by atoms with Crippen LogP contribution in [0, 0.1) is 35.5 Å². The van der Waals surface area contributed by atoms with Gasteiger partial charge in [0.15, 0.2) is 0 Å². The zero-order chi connectivity index (χ0) is 7.87. The number of carbonyl (C=O) groups is 1. The highest BCUT2D eigenvalue weighted by molar-refractivity contribution is 5.86. The molecule has 1 heteroatoms. The number of carbonyl (C=O) groups excluding carboxylic acids is 1. The Morgan fingerprint density at radius 1 is 1.08 bits per heavy atom. The summed E-state index contributed by atoms with van der Waals surface area (Å²) in [5.74, 6) is 4.99. The smallest absolute Gasteiger partial charge is 0.137 e. The Labute approximate surface area is 71.8 Å². The second-order valence-corrected chi connectivity index (χ2v) is 4.96. The fourth-order valence-corrected chi connectivity index (χ4v) is 4.54. The fraction of sp³-hybridized carbons (Fsp3) is 0.727. The molecule has 4 rings (SSSR count). The largest absolute Gasteiger partial charge is 0.299 e. The normalized spacial score (nSPS) is 63.8. The van der Waals surface area contributed by atoms with E-state index in [9.17, 15) is 4.79 Å². The molecular weight excluding hydrogens is 148 g/mol. The highest BCUT2D eigenvalue weighted by atomic mass is 16.1. The van der Waals surface area contributed by atoms with Crippen molar-refractivity contribution in [3.8, 4) is 0 Å². The van der Waals surface area contributed by atoms with Crippen LogP contribution in [0.3, 0.4) is 0 Å². The molecule has 0 aliphatic heterocycles. The van der Waals surface area contributed by atoms with Crippen molar-refractivity contribution in [2.24, 2.45) is 35.5 Å². The van der Waals surface area contributed by atoms with Crippen molar-refractivity contribution in [1.82, 2.24) is 0 Å². The van der Waals surface area contributed by atoms with E-state index in [1.807, 2.05) is 0 Å². The predicted molar refractivity (Wildman–Crippen MR) is 44.3 cm³/mol. The van der Waals surface area contributed by atoms with E-state index in [4.69, 9.17) is 0 Å². The summed E-state index contributed by atoms with van der Waals surface area (Å²) in [7, 11) is 0. The first-order chi connectivity index (χ1) is 5.86. The van der Waals surface area contributed by atoms with Gasteiger partial charge in [-0.2, -0.15) is 0 Å². The molecule has 1 nitrogen and oxygen atoms in total. The number of rotatable bonds is 0. The Hall–Kier alpha value is -0.590. The van der Waals surface area contributed by atoms with Gasteiger partial charge in [-0.15, -0.1) is 0 Å². The van der Waals surface area contributed by atoms with Gasteiger partial charge in [-0.1, -0.05) is 12.2 Å². The number of fused-ring (bicyclic) bond motifs is 2. The number of ketones is 1. The minimum atomic E-state index is 0.468. The third-order valence-corrected chi connectivity index (χ3v) is 4.82. The van der Waals surface area contributed by atoms with E-state index in [1.165, 1.54) is 6.42 Å². The molecular formula is C11H12O. The van der Waals surface area contributed by atoms with Crippen LogP contribution in [0.5, 0.6) is 0 Å². The minimum Gasteiger partial charge on any atom is -0.299 e. The van der Waals surface area contributed by atoms with Crippen LogP contribution in [0.2, 0.25) is 0 Å². The van der Waals surface area contributed by atoms with Crippen molar-refractivity contribution in [2.45, 2.75) is 12.8 Å². The third kappa shape index (κ3) is 0.408. The first-order valence-electron chi connectivity index (χ1n) is 5.07. The summed E-state index contributed by atoms with van der Waals surface area (Å²) in [6, 6.07) is 0. The lowest BCUT2D eigenvalue weighted by molar-refractivity contribution is -0.121. The van der Waals surface area contributed by atoms with Gasteiger partial charge in [0, 0.05) is 12.3 Å². The van der Waals surface area contributed by atoms with Gasteiger partial charge in [-0.3, -0.25) is 4.79 Å².